The van der Waals surface area contributed by atoms with E-state index in [9.17, 15) is 5.11 Å². The second-order valence-corrected chi connectivity index (χ2v) is 3.92. The van der Waals surface area contributed by atoms with Gasteiger partial charge in [-0.3, -0.25) is 0 Å². The lowest BCUT2D eigenvalue weighted by atomic mass is 10.1. The van der Waals surface area contributed by atoms with Crippen molar-refractivity contribution in [3.8, 4) is 23.7 Å². The molecule has 0 aliphatic rings. The predicted octanol–water partition coefficient (Wildman–Crippen LogP) is 2.60. The van der Waals surface area contributed by atoms with Gasteiger partial charge in [-0.15, -0.1) is 6.58 Å². The van der Waals surface area contributed by atoms with Gasteiger partial charge in [-0.2, -0.15) is 0 Å². The van der Waals surface area contributed by atoms with Gasteiger partial charge in [0.05, 0.1) is 6.61 Å². The SMILES string of the molecule is C=CCCCCCC=CC(O)C#CC#CC=CCO. The zero-order chi connectivity index (χ0) is 14.2. The van der Waals surface area contributed by atoms with E-state index in [0.717, 1.165) is 19.3 Å². The van der Waals surface area contributed by atoms with E-state index in [1.165, 1.54) is 25.0 Å². The Hall–Kier alpha value is -1.74. The van der Waals surface area contributed by atoms with Crippen molar-refractivity contribution in [2.24, 2.45) is 0 Å². The Balaban J connectivity index is 3.74. The molecule has 0 radical (unpaired) electrons. The third kappa shape index (κ3) is 14.2. The van der Waals surface area contributed by atoms with Crippen molar-refractivity contribution in [3.63, 3.8) is 0 Å². The van der Waals surface area contributed by atoms with E-state index in [1.54, 1.807) is 6.08 Å². The summed E-state index contributed by atoms with van der Waals surface area (Å²) in [7, 11) is 0. The van der Waals surface area contributed by atoms with Crippen LogP contribution in [0.2, 0.25) is 0 Å². The molecule has 0 spiro atoms. The molecule has 0 aromatic rings. The van der Waals surface area contributed by atoms with Crippen LogP contribution in [-0.2, 0) is 0 Å². The minimum Gasteiger partial charge on any atom is -0.392 e. The predicted molar refractivity (Wildman–Crippen MR) is 80.2 cm³/mol. The lowest BCUT2D eigenvalue weighted by Gasteiger charge is -1.95. The van der Waals surface area contributed by atoms with Gasteiger partial charge in [0.15, 0.2) is 0 Å². The van der Waals surface area contributed by atoms with Gasteiger partial charge in [-0.05, 0) is 49.7 Å². The van der Waals surface area contributed by atoms with Gasteiger partial charge in [-0.1, -0.05) is 36.5 Å². The van der Waals surface area contributed by atoms with Gasteiger partial charge in [0.1, 0.15) is 6.10 Å². The van der Waals surface area contributed by atoms with Crippen molar-refractivity contribution in [1.29, 1.82) is 0 Å². The minimum absolute atomic E-state index is 0.0275. The molecule has 0 aliphatic carbocycles. The molecule has 0 amide bonds. The van der Waals surface area contributed by atoms with Crippen LogP contribution in [0.1, 0.15) is 32.1 Å². The molecule has 0 aromatic heterocycles. The van der Waals surface area contributed by atoms with Gasteiger partial charge in [0, 0.05) is 0 Å². The van der Waals surface area contributed by atoms with Crippen molar-refractivity contribution < 1.29 is 10.2 Å². The molecule has 0 saturated carbocycles. The number of hydrogen-bond donors (Lipinski definition) is 2. The molecule has 1 atom stereocenters. The van der Waals surface area contributed by atoms with Crippen LogP contribution in [-0.4, -0.2) is 22.9 Å². The quantitative estimate of drug-likeness (QED) is 0.399. The maximum Gasteiger partial charge on any atom is 0.134 e. The van der Waals surface area contributed by atoms with E-state index in [2.05, 4.69) is 30.3 Å². The molecule has 2 N–H and O–H groups in total. The van der Waals surface area contributed by atoms with Gasteiger partial charge in [0.25, 0.3) is 0 Å². The molecule has 1 unspecified atom stereocenters. The molecule has 0 aromatic carbocycles. The van der Waals surface area contributed by atoms with Gasteiger partial charge < -0.3 is 10.2 Å². The Labute approximate surface area is 116 Å². The van der Waals surface area contributed by atoms with Crippen LogP contribution in [0.5, 0.6) is 0 Å². The number of aliphatic hydroxyl groups excluding tert-OH is 2. The number of aliphatic hydroxyl groups is 2. The number of rotatable bonds is 8. The Morgan fingerprint density at radius 2 is 1.84 bits per heavy atom. The van der Waals surface area contributed by atoms with Gasteiger partial charge in [0.2, 0.25) is 0 Å². The molecule has 0 fully saturated rings. The summed E-state index contributed by atoms with van der Waals surface area (Å²) in [5, 5.41) is 17.9. The average molecular weight is 258 g/mol. The van der Waals surface area contributed by atoms with Crippen molar-refractivity contribution in [2.45, 2.75) is 38.2 Å². The number of unbranched alkanes of at least 4 members (excludes halogenated alkanes) is 4. The Morgan fingerprint density at radius 3 is 2.58 bits per heavy atom. The fourth-order valence-electron chi connectivity index (χ4n) is 1.30. The average Bonchev–Trinajstić information content (AvgIpc) is 2.41. The first kappa shape index (κ1) is 17.3. The Kier molecular flexibility index (Phi) is 13.0. The molecule has 0 saturated heterocycles. The zero-order valence-corrected chi connectivity index (χ0v) is 11.3. The molecule has 0 aliphatic heterocycles. The first-order valence-electron chi connectivity index (χ1n) is 6.53. The highest BCUT2D eigenvalue weighted by molar-refractivity contribution is 5.32. The van der Waals surface area contributed by atoms with Crippen LogP contribution in [0.25, 0.3) is 0 Å². The summed E-state index contributed by atoms with van der Waals surface area (Å²) in [4.78, 5) is 0. The van der Waals surface area contributed by atoms with Gasteiger partial charge in [-0.25, -0.2) is 0 Å². The summed E-state index contributed by atoms with van der Waals surface area (Å²) < 4.78 is 0. The molecule has 0 rings (SSSR count). The van der Waals surface area contributed by atoms with E-state index in [-0.39, 0.29) is 6.61 Å². The summed E-state index contributed by atoms with van der Waals surface area (Å²) >= 11 is 0. The molecular weight excluding hydrogens is 236 g/mol. The molecule has 0 heterocycles. The summed E-state index contributed by atoms with van der Waals surface area (Å²) in [6, 6.07) is 0. The second kappa shape index (κ2) is 14.3. The van der Waals surface area contributed by atoms with Crippen LogP contribution in [0.15, 0.2) is 37.0 Å². The van der Waals surface area contributed by atoms with Crippen LogP contribution in [0.3, 0.4) is 0 Å². The fraction of sp³-hybridized carbons (Fsp3) is 0.412. The van der Waals surface area contributed by atoms with Crippen LogP contribution in [0.4, 0.5) is 0 Å². The lowest BCUT2D eigenvalue weighted by molar-refractivity contribution is 0.280. The summed E-state index contributed by atoms with van der Waals surface area (Å²) in [6.07, 6.45) is 13.4. The van der Waals surface area contributed by atoms with Crippen LogP contribution in [0, 0.1) is 23.7 Å². The Bertz CT molecular complexity index is 396. The van der Waals surface area contributed by atoms with E-state index in [0.29, 0.717) is 0 Å². The summed E-state index contributed by atoms with van der Waals surface area (Å²) in [6.45, 7) is 3.65. The molecule has 2 heteroatoms. The molecule has 2 nitrogen and oxygen atoms in total. The summed E-state index contributed by atoms with van der Waals surface area (Å²) in [5.74, 6) is 10.4. The molecular formula is C17H22O2. The largest absolute Gasteiger partial charge is 0.392 e. The third-order valence-electron chi connectivity index (χ3n) is 2.26. The highest BCUT2D eigenvalue weighted by atomic mass is 16.3. The number of hydrogen-bond acceptors (Lipinski definition) is 2. The Morgan fingerprint density at radius 1 is 1.05 bits per heavy atom. The lowest BCUT2D eigenvalue weighted by Crippen LogP contribution is -1.96. The minimum atomic E-state index is -0.760. The maximum absolute atomic E-state index is 9.49. The topological polar surface area (TPSA) is 40.5 Å². The number of allylic oxidation sites excluding steroid dienone is 3. The van der Waals surface area contributed by atoms with E-state index in [1.807, 2.05) is 12.2 Å². The second-order valence-electron chi connectivity index (χ2n) is 3.92. The first-order chi connectivity index (χ1) is 9.31. The summed E-state index contributed by atoms with van der Waals surface area (Å²) in [5.41, 5.74) is 0. The zero-order valence-electron chi connectivity index (χ0n) is 11.3. The third-order valence-corrected chi connectivity index (χ3v) is 2.26. The smallest absolute Gasteiger partial charge is 0.134 e. The van der Waals surface area contributed by atoms with E-state index in [4.69, 9.17) is 5.11 Å². The normalized spacial score (nSPS) is 11.7. The fourth-order valence-corrected chi connectivity index (χ4v) is 1.30. The first-order valence-corrected chi connectivity index (χ1v) is 6.53. The molecule has 0 bridgehead atoms. The highest BCUT2D eigenvalue weighted by Crippen LogP contribution is 2.04. The molecule has 102 valence electrons. The van der Waals surface area contributed by atoms with Crippen molar-refractivity contribution >= 4 is 0 Å². The standard InChI is InChI=1S/C17H22O2/c1-2-3-4-5-6-8-11-14-17(19)15-12-9-7-10-13-16-18/h2,10-11,13-14,17-19H,1,3-6,8,16H2. The van der Waals surface area contributed by atoms with E-state index >= 15 is 0 Å². The maximum atomic E-state index is 9.49. The van der Waals surface area contributed by atoms with Crippen LogP contribution >= 0.6 is 0 Å². The van der Waals surface area contributed by atoms with Crippen molar-refractivity contribution in [1.82, 2.24) is 0 Å². The highest BCUT2D eigenvalue weighted by Gasteiger charge is 1.90. The molecule has 19 heavy (non-hydrogen) atoms. The van der Waals surface area contributed by atoms with Crippen LogP contribution < -0.4 is 0 Å². The monoisotopic (exact) mass is 258 g/mol. The van der Waals surface area contributed by atoms with Crippen molar-refractivity contribution in [3.05, 3.63) is 37.0 Å². The van der Waals surface area contributed by atoms with Crippen molar-refractivity contribution in [2.75, 3.05) is 6.61 Å². The van der Waals surface area contributed by atoms with E-state index < -0.39 is 6.10 Å². The van der Waals surface area contributed by atoms with Gasteiger partial charge >= 0.3 is 0 Å².